The lowest BCUT2D eigenvalue weighted by molar-refractivity contribution is -0.137. The highest BCUT2D eigenvalue weighted by Gasteiger charge is 2.38. The van der Waals surface area contributed by atoms with Crippen molar-refractivity contribution in [2.45, 2.75) is 32.2 Å². The normalized spacial score (nSPS) is 20.6. The van der Waals surface area contributed by atoms with Crippen LogP contribution in [0.2, 0.25) is 0 Å². The van der Waals surface area contributed by atoms with Gasteiger partial charge in [0.05, 0.1) is 19.0 Å². The molecular weight excluding hydrogens is 272 g/mol. The van der Waals surface area contributed by atoms with Gasteiger partial charge in [0.15, 0.2) is 0 Å². The van der Waals surface area contributed by atoms with Crippen molar-refractivity contribution in [1.82, 2.24) is 9.79 Å². The number of hydroxylamine groups is 1. The van der Waals surface area contributed by atoms with Gasteiger partial charge in [0.25, 0.3) is 5.91 Å². The lowest BCUT2D eigenvalue weighted by atomic mass is 10.2. The van der Waals surface area contributed by atoms with Crippen molar-refractivity contribution in [3.63, 3.8) is 0 Å². The zero-order chi connectivity index (χ0) is 14.3. The minimum atomic E-state index is -3.35. The topological polar surface area (TPSA) is 84.9 Å². The van der Waals surface area contributed by atoms with Crippen molar-refractivity contribution in [3.05, 3.63) is 0 Å². The van der Waals surface area contributed by atoms with Gasteiger partial charge >= 0.3 is 0 Å². The zero-order valence-electron chi connectivity index (χ0n) is 11.4. The van der Waals surface area contributed by atoms with Crippen LogP contribution in [0.1, 0.15) is 26.2 Å². The second kappa shape index (κ2) is 7.78. The van der Waals surface area contributed by atoms with Crippen LogP contribution in [0.3, 0.4) is 0 Å². The van der Waals surface area contributed by atoms with Gasteiger partial charge in [0, 0.05) is 13.7 Å². The second-order valence-electron chi connectivity index (χ2n) is 4.39. The molecule has 0 saturated carbocycles. The Hall–Kier alpha value is -0.700. The highest BCUT2D eigenvalue weighted by molar-refractivity contribution is 7.89. The number of sulfonamides is 1. The lowest BCUT2D eigenvalue weighted by Crippen LogP contribution is -2.46. The van der Waals surface area contributed by atoms with E-state index in [4.69, 9.17) is 9.57 Å². The molecule has 0 aliphatic carbocycles. The summed E-state index contributed by atoms with van der Waals surface area (Å²) in [6.45, 7) is 2.80. The van der Waals surface area contributed by atoms with Crippen LogP contribution in [0.5, 0.6) is 0 Å². The predicted octanol–water partition coefficient (Wildman–Crippen LogP) is -0.115. The number of hydrogen-bond acceptors (Lipinski definition) is 5. The molecule has 1 unspecified atom stereocenters. The molecule has 0 aromatic heterocycles. The van der Waals surface area contributed by atoms with E-state index in [1.54, 1.807) is 6.92 Å². The summed E-state index contributed by atoms with van der Waals surface area (Å²) >= 11 is 0. The van der Waals surface area contributed by atoms with Crippen LogP contribution in [0.4, 0.5) is 0 Å². The van der Waals surface area contributed by atoms with Gasteiger partial charge in [-0.15, -0.1) is 0 Å². The first-order chi connectivity index (χ1) is 9.03. The van der Waals surface area contributed by atoms with Crippen LogP contribution < -0.4 is 5.48 Å². The average Bonchev–Trinajstić information content (AvgIpc) is 2.84. The number of ether oxygens (including phenoxy) is 1. The summed E-state index contributed by atoms with van der Waals surface area (Å²) in [5.74, 6) is -0.338. The minimum Gasteiger partial charge on any atom is -0.382 e. The Morgan fingerprint density at radius 2 is 2.16 bits per heavy atom. The van der Waals surface area contributed by atoms with Crippen molar-refractivity contribution >= 4 is 15.9 Å². The Balaban J connectivity index is 2.54. The summed E-state index contributed by atoms with van der Waals surface area (Å²) in [6, 6.07) is -0.654. The molecule has 0 aromatic rings. The Morgan fingerprint density at radius 3 is 2.79 bits per heavy atom. The highest BCUT2D eigenvalue weighted by Crippen LogP contribution is 2.21. The van der Waals surface area contributed by atoms with Crippen molar-refractivity contribution in [1.29, 1.82) is 0 Å². The third-order valence-corrected chi connectivity index (χ3v) is 4.96. The number of carbonyl (C=O) groups excluding carboxylic acids is 1. The Bertz CT molecular complexity index is 385. The summed E-state index contributed by atoms with van der Waals surface area (Å²) in [7, 11) is -1.82. The number of nitrogens with zero attached hydrogens (tertiary/aromatic N) is 1. The number of rotatable bonds is 8. The van der Waals surface area contributed by atoms with Gasteiger partial charge in [0.2, 0.25) is 10.0 Å². The Morgan fingerprint density at radius 1 is 1.42 bits per heavy atom. The summed E-state index contributed by atoms with van der Waals surface area (Å²) in [6.07, 6.45) is 1.76. The van der Waals surface area contributed by atoms with Gasteiger partial charge in [0.1, 0.15) is 6.04 Å². The number of carbonyl (C=O) groups is 1. The molecule has 1 aliphatic heterocycles. The molecule has 1 saturated heterocycles. The summed E-state index contributed by atoms with van der Waals surface area (Å²) in [5.41, 5.74) is 2.28. The molecule has 1 N–H and O–H groups in total. The van der Waals surface area contributed by atoms with E-state index >= 15 is 0 Å². The molecule has 1 amide bonds. The molecule has 1 fully saturated rings. The largest absolute Gasteiger partial charge is 0.382 e. The number of hydrogen-bond donors (Lipinski definition) is 1. The van der Waals surface area contributed by atoms with Crippen molar-refractivity contribution in [2.75, 3.05) is 32.6 Å². The fourth-order valence-corrected chi connectivity index (χ4v) is 3.77. The van der Waals surface area contributed by atoms with E-state index in [1.165, 1.54) is 11.4 Å². The second-order valence-corrected chi connectivity index (χ2v) is 6.43. The van der Waals surface area contributed by atoms with E-state index < -0.39 is 22.0 Å². The van der Waals surface area contributed by atoms with E-state index in [-0.39, 0.29) is 12.4 Å². The Labute approximate surface area is 114 Å². The number of methoxy groups -OCH3 is 1. The van der Waals surface area contributed by atoms with Crippen molar-refractivity contribution in [2.24, 2.45) is 0 Å². The fourth-order valence-electron chi connectivity index (χ4n) is 2.03. The van der Waals surface area contributed by atoms with E-state index in [0.29, 0.717) is 32.4 Å². The number of nitrogens with one attached hydrogen (secondary N) is 1. The van der Waals surface area contributed by atoms with E-state index in [0.717, 1.165) is 0 Å². The molecule has 0 aromatic carbocycles. The first-order valence-corrected chi connectivity index (χ1v) is 8.04. The molecule has 8 heteroatoms. The van der Waals surface area contributed by atoms with Gasteiger partial charge in [-0.1, -0.05) is 6.92 Å². The molecule has 1 atom stereocenters. The van der Waals surface area contributed by atoms with Crippen LogP contribution in [0, 0.1) is 0 Å². The first-order valence-electron chi connectivity index (χ1n) is 6.43. The summed E-state index contributed by atoms with van der Waals surface area (Å²) in [5, 5.41) is 0. The Kier molecular flexibility index (Phi) is 6.70. The average molecular weight is 294 g/mol. The van der Waals surface area contributed by atoms with Crippen LogP contribution in [0.15, 0.2) is 0 Å². The van der Waals surface area contributed by atoms with Crippen LogP contribution in [0.25, 0.3) is 0 Å². The first kappa shape index (κ1) is 16.4. The standard InChI is InChI=1S/C11H22N2O5S/c1-3-9-19(15,16)13-6-4-5-10(13)11(14)12-18-8-7-17-2/h10H,3-9H2,1-2H3,(H,12,14). The molecule has 112 valence electrons. The third-order valence-electron chi connectivity index (χ3n) is 2.89. The molecule has 7 nitrogen and oxygen atoms in total. The molecule has 0 bridgehead atoms. The van der Waals surface area contributed by atoms with Crippen LogP contribution >= 0.6 is 0 Å². The van der Waals surface area contributed by atoms with Crippen LogP contribution in [-0.4, -0.2) is 57.3 Å². The van der Waals surface area contributed by atoms with E-state index in [1.807, 2.05) is 0 Å². The smallest absolute Gasteiger partial charge is 0.261 e. The maximum atomic E-state index is 12.0. The van der Waals surface area contributed by atoms with Crippen molar-refractivity contribution in [3.8, 4) is 0 Å². The summed E-state index contributed by atoms with van der Waals surface area (Å²) in [4.78, 5) is 16.8. The third kappa shape index (κ3) is 4.72. The molecule has 0 radical (unpaired) electrons. The van der Waals surface area contributed by atoms with Gasteiger partial charge < -0.3 is 4.74 Å². The lowest BCUT2D eigenvalue weighted by Gasteiger charge is -2.22. The van der Waals surface area contributed by atoms with E-state index in [2.05, 4.69) is 5.48 Å². The molecular formula is C11H22N2O5S. The van der Waals surface area contributed by atoms with Gasteiger partial charge in [-0.25, -0.2) is 13.9 Å². The molecule has 1 rings (SSSR count). The quantitative estimate of drug-likeness (QED) is 0.498. The maximum Gasteiger partial charge on any atom is 0.261 e. The fraction of sp³-hybridized carbons (Fsp3) is 0.909. The maximum absolute atomic E-state index is 12.0. The monoisotopic (exact) mass is 294 g/mol. The minimum absolute atomic E-state index is 0.0707. The van der Waals surface area contributed by atoms with Gasteiger partial charge in [-0.2, -0.15) is 4.31 Å². The summed E-state index contributed by atoms with van der Waals surface area (Å²) < 4.78 is 30.1. The SMILES string of the molecule is CCCS(=O)(=O)N1CCCC1C(=O)NOCCOC. The van der Waals surface area contributed by atoms with E-state index in [9.17, 15) is 13.2 Å². The predicted molar refractivity (Wildman–Crippen MR) is 69.8 cm³/mol. The molecule has 1 heterocycles. The van der Waals surface area contributed by atoms with Crippen LogP contribution in [-0.2, 0) is 24.4 Å². The van der Waals surface area contributed by atoms with Gasteiger partial charge in [-0.3, -0.25) is 9.63 Å². The zero-order valence-corrected chi connectivity index (χ0v) is 12.2. The highest BCUT2D eigenvalue weighted by atomic mass is 32.2. The van der Waals surface area contributed by atoms with Gasteiger partial charge in [-0.05, 0) is 19.3 Å². The molecule has 1 aliphatic rings. The van der Waals surface area contributed by atoms with Crippen molar-refractivity contribution < 1.29 is 22.8 Å². The molecule has 19 heavy (non-hydrogen) atoms. The molecule has 0 spiro atoms. The number of amides is 1.